The zero-order valence-corrected chi connectivity index (χ0v) is 20.9. The van der Waals surface area contributed by atoms with Crippen LogP contribution in [-0.2, 0) is 5.60 Å². The molecule has 3 heterocycles. The lowest BCUT2D eigenvalue weighted by Crippen LogP contribution is -2.19. The average Bonchev–Trinajstić information content (AvgIpc) is 3.33. The van der Waals surface area contributed by atoms with Crippen molar-refractivity contribution in [3.63, 3.8) is 0 Å². The molecule has 0 amide bonds. The quantitative estimate of drug-likeness (QED) is 0.276. The highest BCUT2D eigenvalue weighted by Crippen LogP contribution is 2.54. The molecule has 0 saturated carbocycles. The number of ether oxygens (including phenoxy) is 1. The summed E-state index contributed by atoms with van der Waals surface area (Å²) in [5, 5.41) is 10.2. The van der Waals surface area contributed by atoms with Gasteiger partial charge in [0.05, 0.1) is 17.1 Å². The molecule has 1 N–H and O–H groups in total. The van der Waals surface area contributed by atoms with E-state index in [0.29, 0.717) is 16.6 Å². The normalized spacial score (nSPS) is 19.7. The molecule has 3 atom stereocenters. The first kappa shape index (κ1) is 22.8. The van der Waals surface area contributed by atoms with Crippen molar-refractivity contribution in [2.24, 2.45) is 5.92 Å². The Kier molecular flexibility index (Phi) is 5.00. The molecule has 38 heavy (non-hydrogen) atoms. The molecule has 1 aliphatic carbocycles. The zero-order valence-electron chi connectivity index (χ0n) is 20.9. The van der Waals surface area contributed by atoms with Crippen molar-refractivity contribution >= 4 is 11.0 Å². The number of allylic oxidation sites excluding steroid dienone is 2. The first-order valence-electron chi connectivity index (χ1n) is 12.7. The van der Waals surface area contributed by atoms with Gasteiger partial charge in [0.15, 0.2) is 5.82 Å². The van der Waals surface area contributed by atoms with Crippen molar-refractivity contribution in [2.75, 3.05) is 0 Å². The van der Waals surface area contributed by atoms with Crippen LogP contribution in [-0.4, -0.2) is 24.6 Å². The van der Waals surface area contributed by atoms with Gasteiger partial charge in [0, 0.05) is 47.0 Å². The van der Waals surface area contributed by atoms with E-state index in [-0.39, 0.29) is 29.5 Å². The molecule has 0 saturated heterocycles. The number of benzene rings is 3. The SMILES string of the molecule is CC(C)(O)c1ncc(-c2cc3c(cc2F)nc2n3[C@@H](c3ccccc3Oc3ccccc3)[C@H]3C=C[C@@H]23)cn1. The lowest BCUT2D eigenvalue weighted by Gasteiger charge is -2.28. The Hall–Kier alpha value is -4.36. The number of rotatable bonds is 5. The Morgan fingerprint density at radius 3 is 2.39 bits per heavy atom. The maximum atomic E-state index is 15.3. The number of aliphatic hydroxyl groups is 1. The van der Waals surface area contributed by atoms with E-state index < -0.39 is 5.60 Å². The second-order valence-corrected chi connectivity index (χ2v) is 10.4. The van der Waals surface area contributed by atoms with Crippen LogP contribution in [0.4, 0.5) is 4.39 Å². The van der Waals surface area contributed by atoms with Crippen molar-refractivity contribution in [3.8, 4) is 22.6 Å². The maximum Gasteiger partial charge on any atom is 0.159 e. The highest BCUT2D eigenvalue weighted by Gasteiger charge is 2.46. The Balaban J connectivity index is 1.36. The largest absolute Gasteiger partial charge is 0.457 e. The van der Waals surface area contributed by atoms with Gasteiger partial charge >= 0.3 is 0 Å². The summed E-state index contributed by atoms with van der Waals surface area (Å²) in [5.74, 6) is 2.79. The lowest BCUT2D eigenvalue weighted by atomic mass is 9.77. The predicted octanol–water partition coefficient (Wildman–Crippen LogP) is 6.52. The van der Waals surface area contributed by atoms with Crippen molar-refractivity contribution in [2.45, 2.75) is 31.4 Å². The maximum absolute atomic E-state index is 15.3. The third kappa shape index (κ3) is 3.54. The smallest absolute Gasteiger partial charge is 0.159 e. The number of hydrogen-bond acceptors (Lipinski definition) is 5. The van der Waals surface area contributed by atoms with E-state index in [1.165, 1.54) is 6.07 Å². The molecule has 7 rings (SSSR count). The molecule has 3 aromatic carbocycles. The number of hydrogen-bond donors (Lipinski definition) is 1. The van der Waals surface area contributed by atoms with Gasteiger partial charge in [-0.1, -0.05) is 48.6 Å². The van der Waals surface area contributed by atoms with Gasteiger partial charge in [-0.05, 0) is 38.1 Å². The summed E-state index contributed by atoms with van der Waals surface area (Å²) >= 11 is 0. The van der Waals surface area contributed by atoms with Crippen LogP contribution < -0.4 is 4.74 Å². The molecule has 6 nitrogen and oxygen atoms in total. The van der Waals surface area contributed by atoms with Gasteiger partial charge in [0.1, 0.15) is 28.7 Å². The number of fused-ring (bicyclic) bond motifs is 5. The van der Waals surface area contributed by atoms with Gasteiger partial charge < -0.3 is 14.4 Å². The first-order chi connectivity index (χ1) is 18.4. The van der Waals surface area contributed by atoms with E-state index in [0.717, 1.165) is 28.4 Å². The van der Waals surface area contributed by atoms with Crippen LogP contribution in [0.15, 0.2) is 91.3 Å². The molecule has 5 aromatic rings. The van der Waals surface area contributed by atoms with Gasteiger partial charge in [-0.2, -0.15) is 0 Å². The summed E-state index contributed by atoms with van der Waals surface area (Å²) in [4.78, 5) is 13.4. The number of nitrogens with zero attached hydrogens (tertiary/aromatic N) is 4. The third-order valence-corrected chi connectivity index (χ3v) is 7.42. The Morgan fingerprint density at radius 2 is 1.68 bits per heavy atom. The summed E-state index contributed by atoms with van der Waals surface area (Å²) in [6, 6.07) is 21.1. The van der Waals surface area contributed by atoms with E-state index in [4.69, 9.17) is 9.72 Å². The van der Waals surface area contributed by atoms with Gasteiger partial charge in [0.2, 0.25) is 0 Å². The van der Waals surface area contributed by atoms with E-state index in [9.17, 15) is 5.11 Å². The summed E-state index contributed by atoms with van der Waals surface area (Å²) in [6.45, 7) is 3.23. The first-order valence-corrected chi connectivity index (χ1v) is 12.7. The molecule has 1 aliphatic heterocycles. The molecule has 0 bridgehead atoms. The summed E-state index contributed by atoms with van der Waals surface area (Å²) in [6.07, 6.45) is 7.50. The Bertz CT molecular complexity index is 1700. The molecule has 188 valence electrons. The van der Waals surface area contributed by atoms with Crippen molar-refractivity contribution < 1.29 is 14.2 Å². The fourth-order valence-electron chi connectivity index (χ4n) is 5.53. The monoisotopic (exact) mass is 504 g/mol. The highest BCUT2D eigenvalue weighted by atomic mass is 19.1. The van der Waals surface area contributed by atoms with Crippen LogP contribution in [0, 0.1) is 11.7 Å². The molecule has 0 spiro atoms. The second-order valence-electron chi connectivity index (χ2n) is 10.4. The Labute approximate surface area is 219 Å². The number of halogens is 1. The third-order valence-electron chi connectivity index (χ3n) is 7.42. The van der Waals surface area contributed by atoms with Gasteiger partial charge in [-0.25, -0.2) is 19.3 Å². The second kappa shape index (κ2) is 8.33. The molecule has 0 radical (unpaired) electrons. The Morgan fingerprint density at radius 1 is 0.947 bits per heavy atom. The van der Waals surface area contributed by atoms with Crippen LogP contribution in [0.5, 0.6) is 11.5 Å². The van der Waals surface area contributed by atoms with Gasteiger partial charge in [-0.15, -0.1) is 0 Å². The van der Waals surface area contributed by atoms with Gasteiger partial charge in [0.25, 0.3) is 0 Å². The van der Waals surface area contributed by atoms with E-state index in [1.807, 2.05) is 54.6 Å². The van der Waals surface area contributed by atoms with E-state index in [2.05, 4.69) is 32.8 Å². The van der Waals surface area contributed by atoms with Crippen molar-refractivity contribution in [1.29, 1.82) is 0 Å². The topological polar surface area (TPSA) is 73.1 Å². The van der Waals surface area contributed by atoms with Crippen LogP contribution in [0.3, 0.4) is 0 Å². The molecule has 2 aromatic heterocycles. The molecule has 0 unspecified atom stereocenters. The fraction of sp³-hybridized carbons (Fsp3) is 0.194. The van der Waals surface area contributed by atoms with E-state index in [1.54, 1.807) is 26.2 Å². The van der Waals surface area contributed by atoms with Gasteiger partial charge in [-0.3, -0.25) is 0 Å². The fourth-order valence-corrected chi connectivity index (χ4v) is 5.53. The summed E-state index contributed by atoms with van der Waals surface area (Å²) < 4.78 is 23.9. The standard InChI is InChI=1S/C31H25FN4O2/c1-31(2,37)30-33-16-18(17-34-30)23-14-26-25(15-24(23)32)35-29-21-13-12-20(21)28(36(26)29)22-10-6-7-11-27(22)38-19-8-4-3-5-9-19/h3-17,20-21,28,37H,1-2H3/t20-,21+,28+/m0/s1. The minimum atomic E-state index is -1.18. The summed E-state index contributed by atoms with van der Waals surface area (Å²) in [5.41, 5.74) is 2.26. The predicted molar refractivity (Wildman–Crippen MR) is 142 cm³/mol. The molecular formula is C31H25FN4O2. The van der Waals surface area contributed by atoms with Crippen LogP contribution >= 0.6 is 0 Å². The molecule has 0 fully saturated rings. The van der Waals surface area contributed by atoms with Crippen molar-refractivity contribution in [1.82, 2.24) is 19.5 Å². The minimum absolute atomic E-state index is 0.0444. The molecular weight excluding hydrogens is 479 g/mol. The molecule has 7 heteroatoms. The molecule has 2 aliphatic rings. The van der Waals surface area contributed by atoms with Crippen LogP contribution in [0.25, 0.3) is 22.2 Å². The number of aromatic nitrogens is 4. The average molecular weight is 505 g/mol. The number of para-hydroxylation sites is 2. The van der Waals surface area contributed by atoms with Crippen LogP contribution in [0.1, 0.15) is 43.0 Å². The highest BCUT2D eigenvalue weighted by molar-refractivity contribution is 5.84. The van der Waals surface area contributed by atoms with E-state index >= 15 is 4.39 Å². The van der Waals surface area contributed by atoms with Crippen LogP contribution in [0.2, 0.25) is 0 Å². The lowest BCUT2D eigenvalue weighted by molar-refractivity contribution is 0.0687. The minimum Gasteiger partial charge on any atom is -0.457 e. The van der Waals surface area contributed by atoms with Crippen molar-refractivity contribution in [3.05, 3.63) is 114 Å². The summed E-state index contributed by atoms with van der Waals surface area (Å²) in [7, 11) is 0. The number of imidazole rings is 1. The zero-order chi connectivity index (χ0) is 26.0.